The maximum absolute atomic E-state index is 12.1. The minimum Gasteiger partial charge on any atom is -0.267 e. The Morgan fingerprint density at radius 2 is 1.85 bits per heavy atom. The van der Waals surface area contributed by atoms with E-state index < -0.39 is 5.56 Å². The molecule has 2 aromatic heterocycles. The van der Waals surface area contributed by atoms with E-state index in [1.165, 1.54) is 10.8 Å². The molecule has 0 bridgehead atoms. The van der Waals surface area contributed by atoms with E-state index in [0.717, 1.165) is 0 Å². The predicted octanol–water partition coefficient (Wildman–Crippen LogP) is 3.72. The van der Waals surface area contributed by atoms with Crippen LogP contribution < -0.4 is 5.56 Å². The number of rotatable bonds is 1. The highest BCUT2D eigenvalue weighted by Gasteiger charge is 2.15. The van der Waals surface area contributed by atoms with Gasteiger partial charge in [0.15, 0.2) is 0 Å². The first-order valence-electron chi connectivity index (χ1n) is 5.56. The standard InChI is InChI=1S/C13H6Cl3N3O/c14-8-3-1-2-7(12(8)16)11-9-4-5-10(15)18-19(9)6-17-13(11)20/h1-6H. The van der Waals surface area contributed by atoms with E-state index in [9.17, 15) is 4.79 Å². The zero-order valence-corrected chi connectivity index (χ0v) is 12.1. The fraction of sp³-hybridized carbons (Fsp3) is 0. The van der Waals surface area contributed by atoms with E-state index in [4.69, 9.17) is 34.8 Å². The molecule has 3 rings (SSSR count). The van der Waals surface area contributed by atoms with Gasteiger partial charge < -0.3 is 0 Å². The van der Waals surface area contributed by atoms with Gasteiger partial charge in [-0.25, -0.2) is 4.52 Å². The van der Waals surface area contributed by atoms with E-state index in [-0.39, 0.29) is 0 Å². The molecule has 3 aromatic rings. The highest BCUT2D eigenvalue weighted by atomic mass is 35.5. The van der Waals surface area contributed by atoms with Gasteiger partial charge in [-0.15, -0.1) is 0 Å². The molecule has 0 saturated heterocycles. The first-order valence-corrected chi connectivity index (χ1v) is 6.70. The van der Waals surface area contributed by atoms with Crippen LogP contribution in [0.1, 0.15) is 0 Å². The Bertz CT molecular complexity index is 876. The second-order valence-electron chi connectivity index (χ2n) is 4.01. The largest absolute Gasteiger partial charge is 0.281 e. The van der Waals surface area contributed by atoms with Crippen LogP contribution in [0.3, 0.4) is 0 Å². The molecule has 0 saturated carbocycles. The Hall–Kier alpha value is -1.62. The summed E-state index contributed by atoms with van der Waals surface area (Å²) in [6.07, 6.45) is 1.31. The van der Waals surface area contributed by atoms with Crippen molar-refractivity contribution in [2.45, 2.75) is 0 Å². The van der Waals surface area contributed by atoms with Crippen molar-refractivity contribution >= 4 is 40.3 Å². The van der Waals surface area contributed by atoms with Crippen LogP contribution in [0.2, 0.25) is 15.2 Å². The summed E-state index contributed by atoms with van der Waals surface area (Å²) in [7, 11) is 0. The molecule has 4 nitrogen and oxygen atoms in total. The molecule has 7 heteroatoms. The van der Waals surface area contributed by atoms with Crippen molar-refractivity contribution in [1.29, 1.82) is 0 Å². The topological polar surface area (TPSA) is 47.3 Å². The number of hydrogen-bond donors (Lipinski definition) is 0. The van der Waals surface area contributed by atoms with Crippen LogP contribution in [-0.4, -0.2) is 14.6 Å². The lowest BCUT2D eigenvalue weighted by atomic mass is 10.1. The second-order valence-corrected chi connectivity index (χ2v) is 5.18. The summed E-state index contributed by atoms with van der Waals surface area (Å²) in [6, 6.07) is 8.36. The number of halogens is 3. The van der Waals surface area contributed by atoms with E-state index in [1.807, 2.05) is 0 Å². The molecular weight excluding hydrogens is 321 g/mol. The fourth-order valence-electron chi connectivity index (χ4n) is 1.93. The number of aromatic nitrogens is 3. The highest BCUT2D eigenvalue weighted by Crippen LogP contribution is 2.33. The molecule has 0 aliphatic carbocycles. The Balaban J connectivity index is 2.44. The molecule has 0 spiro atoms. The van der Waals surface area contributed by atoms with Crippen LogP contribution in [0.5, 0.6) is 0 Å². The zero-order valence-electron chi connectivity index (χ0n) is 9.85. The monoisotopic (exact) mass is 325 g/mol. The Kier molecular flexibility index (Phi) is 3.38. The summed E-state index contributed by atoms with van der Waals surface area (Å²) in [5.74, 6) is 0. The van der Waals surface area contributed by atoms with Crippen LogP contribution in [0.25, 0.3) is 16.6 Å². The van der Waals surface area contributed by atoms with Gasteiger partial charge in [0.05, 0.1) is 21.1 Å². The lowest BCUT2D eigenvalue weighted by Gasteiger charge is -2.08. The molecule has 0 N–H and O–H groups in total. The van der Waals surface area contributed by atoms with Crippen molar-refractivity contribution in [3.63, 3.8) is 0 Å². The van der Waals surface area contributed by atoms with Crippen molar-refractivity contribution in [3.8, 4) is 11.1 Å². The van der Waals surface area contributed by atoms with Gasteiger partial charge in [0.1, 0.15) is 11.5 Å². The predicted molar refractivity (Wildman–Crippen MR) is 79.7 cm³/mol. The first kappa shape index (κ1) is 13.4. The third-order valence-electron chi connectivity index (χ3n) is 2.80. The molecule has 0 atom stereocenters. The minimum absolute atomic E-state index is 0.297. The van der Waals surface area contributed by atoms with Gasteiger partial charge in [0.2, 0.25) is 0 Å². The van der Waals surface area contributed by atoms with Crippen molar-refractivity contribution in [2.24, 2.45) is 0 Å². The lowest BCUT2D eigenvalue weighted by Crippen LogP contribution is -2.13. The molecule has 0 aliphatic rings. The van der Waals surface area contributed by atoms with Crippen LogP contribution in [0.4, 0.5) is 0 Å². The molecular formula is C13H6Cl3N3O. The summed E-state index contributed by atoms with van der Waals surface area (Å²) in [5, 5.41) is 5.03. The van der Waals surface area contributed by atoms with Gasteiger partial charge >= 0.3 is 0 Å². The minimum atomic E-state index is -0.404. The normalized spacial score (nSPS) is 10.9. The van der Waals surface area contributed by atoms with E-state index in [0.29, 0.717) is 31.8 Å². The maximum atomic E-state index is 12.1. The van der Waals surface area contributed by atoms with Crippen molar-refractivity contribution in [1.82, 2.24) is 14.6 Å². The van der Waals surface area contributed by atoms with Crippen molar-refractivity contribution in [3.05, 3.63) is 62.2 Å². The SMILES string of the molecule is O=c1ncn2nc(Cl)ccc2c1-c1cccc(Cl)c1Cl. The Labute approximate surface area is 128 Å². The fourth-order valence-corrected chi connectivity index (χ4v) is 2.47. The molecule has 0 fully saturated rings. The van der Waals surface area contributed by atoms with Crippen LogP contribution in [0.15, 0.2) is 41.5 Å². The van der Waals surface area contributed by atoms with E-state index in [2.05, 4.69) is 10.1 Å². The van der Waals surface area contributed by atoms with Gasteiger partial charge in [0, 0.05) is 5.56 Å². The van der Waals surface area contributed by atoms with Gasteiger partial charge in [-0.3, -0.25) is 4.79 Å². The third kappa shape index (κ3) is 2.16. The number of hydrogen-bond acceptors (Lipinski definition) is 3. The zero-order chi connectivity index (χ0) is 14.3. The smallest absolute Gasteiger partial charge is 0.267 e. The maximum Gasteiger partial charge on any atom is 0.281 e. The average Bonchev–Trinajstić information content (AvgIpc) is 2.43. The summed E-state index contributed by atoms with van der Waals surface area (Å²) >= 11 is 18.0. The molecule has 0 amide bonds. The number of nitrogens with zero attached hydrogens (tertiary/aromatic N) is 3. The quantitative estimate of drug-likeness (QED) is 0.685. The molecule has 1 aromatic carbocycles. The Morgan fingerprint density at radius 3 is 2.65 bits per heavy atom. The Morgan fingerprint density at radius 1 is 1.05 bits per heavy atom. The molecule has 20 heavy (non-hydrogen) atoms. The van der Waals surface area contributed by atoms with Crippen molar-refractivity contribution in [2.75, 3.05) is 0 Å². The van der Waals surface area contributed by atoms with Gasteiger partial charge in [0.25, 0.3) is 5.56 Å². The summed E-state index contributed by atoms with van der Waals surface area (Å²) in [4.78, 5) is 15.9. The van der Waals surface area contributed by atoms with Crippen LogP contribution in [0, 0.1) is 0 Å². The van der Waals surface area contributed by atoms with Gasteiger partial charge in [-0.1, -0.05) is 46.9 Å². The average molecular weight is 327 g/mol. The number of benzene rings is 1. The lowest BCUT2D eigenvalue weighted by molar-refractivity contribution is 0.884. The third-order valence-corrected chi connectivity index (χ3v) is 3.82. The summed E-state index contributed by atoms with van der Waals surface area (Å²) < 4.78 is 1.43. The van der Waals surface area contributed by atoms with Gasteiger partial charge in [-0.2, -0.15) is 10.1 Å². The molecule has 0 aliphatic heterocycles. The first-order chi connectivity index (χ1) is 9.58. The second kappa shape index (κ2) is 5.05. The summed E-state index contributed by atoms with van der Waals surface area (Å²) in [6.45, 7) is 0. The van der Waals surface area contributed by atoms with Crippen LogP contribution >= 0.6 is 34.8 Å². The highest BCUT2D eigenvalue weighted by molar-refractivity contribution is 6.43. The van der Waals surface area contributed by atoms with E-state index >= 15 is 0 Å². The molecule has 100 valence electrons. The van der Waals surface area contributed by atoms with E-state index in [1.54, 1.807) is 30.3 Å². The molecule has 0 unspecified atom stereocenters. The number of fused-ring (bicyclic) bond motifs is 1. The van der Waals surface area contributed by atoms with Crippen molar-refractivity contribution < 1.29 is 0 Å². The van der Waals surface area contributed by atoms with Crippen LogP contribution in [-0.2, 0) is 0 Å². The molecule has 0 radical (unpaired) electrons. The van der Waals surface area contributed by atoms with Gasteiger partial charge in [-0.05, 0) is 18.2 Å². The molecule has 2 heterocycles. The summed E-state index contributed by atoms with van der Waals surface area (Å²) in [5.41, 5.74) is 1.000.